The summed E-state index contributed by atoms with van der Waals surface area (Å²) in [5.74, 6) is 0. The summed E-state index contributed by atoms with van der Waals surface area (Å²) < 4.78 is 3.24. The molecule has 0 N–H and O–H groups in total. The zero-order chi connectivity index (χ0) is 13.4. The number of nitrogens with zero attached hydrogens (tertiary/aromatic N) is 1. The molecule has 0 aliphatic heterocycles. The van der Waals surface area contributed by atoms with Crippen molar-refractivity contribution >= 4 is 50.0 Å². The van der Waals surface area contributed by atoms with E-state index in [0.717, 1.165) is 15.6 Å². The van der Waals surface area contributed by atoms with Crippen molar-refractivity contribution in [3.05, 3.63) is 68.7 Å². The molecule has 0 saturated carbocycles. The summed E-state index contributed by atoms with van der Waals surface area (Å²) in [6.07, 6.45) is 2.05. The van der Waals surface area contributed by atoms with Crippen LogP contribution in [0, 0.1) is 0 Å². The molecular formula is C15H10BrCl2N. The second-order valence-electron chi connectivity index (χ2n) is 4.32. The summed E-state index contributed by atoms with van der Waals surface area (Å²) in [7, 11) is 0. The van der Waals surface area contributed by atoms with E-state index >= 15 is 0 Å². The Bertz CT molecular complexity index is 729. The van der Waals surface area contributed by atoms with Crippen LogP contribution in [-0.2, 0) is 6.54 Å². The van der Waals surface area contributed by atoms with Crippen molar-refractivity contribution in [2.75, 3.05) is 0 Å². The minimum Gasteiger partial charge on any atom is -0.343 e. The first-order chi connectivity index (χ1) is 9.16. The Morgan fingerprint density at radius 2 is 1.63 bits per heavy atom. The SMILES string of the molecule is Clc1cccc(Cl)c1Cn1ccc2c(Br)cccc21. The summed E-state index contributed by atoms with van der Waals surface area (Å²) in [5.41, 5.74) is 2.11. The highest BCUT2D eigenvalue weighted by atomic mass is 79.9. The molecule has 0 aliphatic rings. The Morgan fingerprint density at radius 1 is 0.947 bits per heavy atom. The fourth-order valence-electron chi connectivity index (χ4n) is 2.18. The van der Waals surface area contributed by atoms with Gasteiger partial charge in [0.1, 0.15) is 0 Å². The number of rotatable bonds is 2. The molecule has 19 heavy (non-hydrogen) atoms. The molecule has 1 nitrogen and oxygen atoms in total. The molecule has 3 aromatic rings. The minimum atomic E-state index is 0.665. The van der Waals surface area contributed by atoms with Crippen molar-refractivity contribution in [1.29, 1.82) is 0 Å². The van der Waals surface area contributed by atoms with Crippen molar-refractivity contribution in [2.45, 2.75) is 6.54 Å². The fourth-order valence-corrected chi connectivity index (χ4v) is 3.18. The second kappa shape index (κ2) is 5.20. The third-order valence-electron chi connectivity index (χ3n) is 3.15. The van der Waals surface area contributed by atoms with Crippen molar-refractivity contribution in [1.82, 2.24) is 4.57 Å². The number of hydrogen-bond donors (Lipinski definition) is 0. The van der Waals surface area contributed by atoms with Gasteiger partial charge in [-0.2, -0.15) is 0 Å². The van der Waals surface area contributed by atoms with Crippen LogP contribution in [0.25, 0.3) is 10.9 Å². The van der Waals surface area contributed by atoms with Crippen molar-refractivity contribution < 1.29 is 0 Å². The van der Waals surface area contributed by atoms with Gasteiger partial charge in [0.2, 0.25) is 0 Å². The van der Waals surface area contributed by atoms with Crippen LogP contribution in [0.1, 0.15) is 5.56 Å². The maximum absolute atomic E-state index is 6.22. The van der Waals surface area contributed by atoms with Crippen molar-refractivity contribution in [3.8, 4) is 0 Å². The summed E-state index contributed by atoms with van der Waals surface area (Å²) in [6, 6.07) is 13.8. The van der Waals surface area contributed by atoms with E-state index in [4.69, 9.17) is 23.2 Å². The van der Waals surface area contributed by atoms with E-state index in [1.807, 2.05) is 30.3 Å². The summed E-state index contributed by atoms with van der Waals surface area (Å²) in [5, 5.41) is 2.58. The van der Waals surface area contributed by atoms with Crippen LogP contribution in [0.2, 0.25) is 10.0 Å². The van der Waals surface area contributed by atoms with Crippen molar-refractivity contribution in [2.24, 2.45) is 0 Å². The smallest absolute Gasteiger partial charge is 0.0505 e. The third-order valence-corrected chi connectivity index (χ3v) is 4.55. The van der Waals surface area contributed by atoms with E-state index < -0.39 is 0 Å². The Labute approximate surface area is 129 Å². The van der Waals surface area contributed by atoms with Gasteiger partial charge in [-0.3, -0.25) is 0 Å². The topological polar surface area (TPSA) is 4.93 Å². The fraction of sp³-hybridized carbons (Fsp3) is 0.0667. The molecule has 0 spiro atoms. The average molecular weight is 355 g/mol. The van der Waals surface area contributed by atoms with Crippen molar-refractivity contribution in [3.63, 3.8) is 0 Å². The van der Waals surface area contributed by atoms with E-state index in [2.05, 4.69) is 38.8 Å². The molecule has 0 amide bonds. The third kappa shape index (κ3) is 2.40. The highest BCUT2D eigenvalue weighted by Gasteiger charge is 2.09. The molecule has 1 heterocycles. The molecule has 1 aromatic heterocycles. The van der Waals surface area contributed by atoms with Gasteiger partial charge >= 0.3 is 0 Å². The minimum absolute atomic E-state index is 0.665. The van der Waals surface area contributed by atoms with Gasteiger partial charge in [0.05, 0.1) is 6.54 Å². The van der Waals surface area contributed by atoms with Gasteiger partial charge in [-0.05, 0) is 30.3 Å². The molecule has 0 radical (unpaired) electrons. The molecule has 2 aromatic carbocycles. The van der Waals surface area contributed by atoms with Gasteiger partial charge in [0, 0.05) is 37.2 Å². The molecule has 4 heteroatoms. The number of hydrogen-bond acceptors (Lipinski definition) is 0. The van der Waals surface area contributed by atoms with E-state index in [1.165, 1.54) is 5.39 Å². The van der Waals surface area contributed by atoms with Gasteiger partial charge in [0.15, 0.2) is 0 Å². The Morgan fingerprint density at radius 3 is 2.37 bits per heavy atom. The zero-order valence-electron chi connectivity index (χ0n) is 9.91. The van der Waals surface area contributed by atoms with Crippen LogP contribution in [0.5, 0.6) is 0 Å². The number of fused-ring (bicyclic) bond motifs is 1. The van der Waals surface area contributed by atoms with Crippen LogP contribution in [0.15, 0.2) is 53.1 Å². The van der Waals surface area contributed by atoms with E-state index in [-0.39, 0.29) is 0 Å². The van der Waals surface area contributed by atoms with Gasteiger partial charge < -0.3 is 4.57 Å². The number of halogens is 3. The Hall–Kier alpha value is -0.960. The van der Waals surface area contributed by atoms with Crippen LogP contribution < -0.4 is 0 Å². The molecular weight excluding hydrogens is 345 g/mol. The highest BCUT2D eigenvalue weighted by Crippen LogP contribution is 2.29. The predicted octanol–water partition coefficient (Wildman–Crippen LogP) is 5.76. The van der Waals surface area contributed by atoms with Gasteiger partial charge in [-0.25, -0.2) is 0 Å². The maximum atomic E-state index is 6.22. The molecule has 96 valence electrons. The Balaban J connectivity index is 2.09. The highest BCUT2D eigenvalue weighted by molar-refractivity contribution is 9.10. The quantitative estimate of drug-likeness (QED) is 0.551. The van der Waals surface area contributed by atoms with Crippen LogP contribution in [0.4, 0.5) is 0 Å². The lowest BCUT2D eigenvalue weighted by atomic mass is 10.2. The number of aromatic nitrogens is 1. The maximum Gasteiger partial charge on any atom is 0.0505 e. The first kappa shape index (κ1) is 13.0. The summed E-state index contributed by atoms with van der Waals surface area (Å²) in [6.45, 7) is 0.665. The molecule has 0 atom stereocenters. The molecule has 0 aliphatic carbocycles. The Kier molecular flexibility index (Phi) is 3.57. The molecule has 0 bridgehead atoms. The van der Waals surface area contributed by atoms with Crippen LogP contribution in [-0.4, -0.2) is 4.57 Å². The first-order valence-corrected chi connectivity index (χ1v) is 7.38. The molecule has 0 unspecified atom stereocenters. The second-order valence-corrected chi connectivity index (χ2v) is 5.99. The lowest BCUT2D eigenvalue weighted by Gasteiger charge is -2.09. The van der Waals surface area contributed by atoms with E-state index in [9.17, 15) is 0 Å². The van der Waals surface area contributed by atoms with Gasteiger partial charge in [0.25, 0.3) is 0 Å². The molecule has 3 rings (SSSR count). The van der Waals surface area contributed by atoms with Gasteiger partial charge in [-0.15, -0.1) is 0 Å². The van der Waals surface area contributed by atoms with E-state index in [0.29, 0.717) is 16.6 Å². The zero-order valence-corrected chi connectivity index (χ0v) is 13.0. The lowest BCUT2D eigenvalue weighted by molar-refractivity contribution is 0.837. The van der Waals surface area contributed by atoms with Crippen LogP contribution in [0.3, 0.4) is 0 Å². The summed E-state index contributed by atoms with van der Waals surface area (Å²) in [4.78, 5) is 0. The largest absolute Gasteiger partial charge is 0.343 e. The lowest BCUT2D eigenvalue weighted by Crippen LogP contribution is -1.99. The normalized spacial score (nSPS) is 11.1. The molecule has 0 fully saturated rings. The van der Waals surface area contributed by atoms with Gasteiger partial charge in [-0.1, -0.05) is 51.3 Å². The van der Waals surface area contributed by atoms with E-state index in [1.54, 1.807) is 0 Å². The molecule has 0 saturated heterocycles. The van der Waals surface area contributed by atoms with Crippen LogP contribution >= 0.6 is 39.1 Å². The predicted molar refractivity (Wildman–Crippen MR) is 85.2 cm³/mol. The summed E-state index contributed by atoms with van der Waals surface area (Å²) >= 11 is 16.0. The monoisotopic (exact) mass is 353 g/mol. The standard InChI is InChI=1S/C15H10BrCl2N/c16-12-3-1-6-15-10(12)7-8-19(15)9-11-13(17)4-2-5-14(11)18/h1-8H,9H2. The number of benzene rings is 2. The first-order valence-electron chi connectivity index (χ1n) is 5.83. The average Bonchev–Trinajstić information content (AvgIpc) is 2.79.